The molecule has 2 amide bonds. The van der Waals surface area contributed by atoms with E-state index in [1.165, 1.54) is 10.5 Å². The van der Waals surface area contributed by atoms with E-state index in [0.29, 0.717) is 16.3 Å². The first kappa shape index (κ1) is 19.1. The Balaban J connectivity index is 1.28. The fraction of sp³-hybridized carbons (Fsp3) is 0.292. The van der Waals surface area contributed by atoms with Crippen LogP contribution in [0.2, 0.25) is 5.02 Å². The zero-order valence-electron chi connectivity index (χ0n) is 16.4. The van der Waals surface area contributed by atoms with Crippen LogP contribution in [0.1, 0.15) is 29.3 Å². The molecule has 0 N–H and O–H groups in total. The summed E-state index contributed by atoms with van der Waals surface area (Å²) < 4.78 is 5.33. The normalized spacial score (nSPS) is 26.7. The van der Waals surface area contributed by atoms with Gasteiger partial charge in [0, 0.05) is 5.02 Å². The van der Waals surface area contributed by atoms with Gasteiger partial charge >= 0.3 is 5.97 Å². The molecule has 3 aliphatic rings. The number of esters is 1. The van der Waals surface area contributed by atoms with Crippen LogP contribution < -0.4 is 4.90 Å². The first-order valence-electron chi connectivity index (χ1n) is 10.0. The van der Waals surface area contributed by atoms with Gasteiger partial charge in [-0.05, 0) is 67.1 Å². The molecule has 152 valence electrons. The van der Waals surface area contributed by atoms with E-state index in [2.05, 4.69) is 6.08 Å². The lowest BCUT2D eigenvalue weighted by Crippen LogP contribution is -2.32. The van der Waals surface area contributed by atoms with Crippen molar-refractivity contribution in [3.8, 4) is 0 Å². The molecule has 2 bridgehead atoms. The summed E-state index contributed by atoms with van der Waals surface area (Å²) in [5, 5.41) is 0.620. The molecule has 0 spiro atoms. The molecule has 2 aromatic carbocycles. The molecule has 30 heavy (non-hydrogen) atoms. The average molecular weight is 422 g/mol. The van der Waals surface area contributed by atoms with Crippen molar-refractivity contribution in [1.29, 1.82) is 0 Å². The predicted molar refractivity (Wildman–Crippen MR) is 112 cm³/mol. The summed E-state index contributed by atoms with van der Waals surface area (Å²) in [6.45, 7) is 2.19. The van der Waals surface area contributed by atoms with Crippen molar-refractivity contribution in [1.82, 2.24) is 0 Å². The lowest BCUT2D eigenvalue weighted by Gasteiger charge is -2.19. The van der Waals surface area contributed by atoms with E-state index in [-0.39, 0.29) is 42.1 Å². The number of carbonyl (C=O) groups is 3. The second kappa shape index (κ2) is 7.10. The van der Waals surface area contributed by atoms with E-state index in [4.69, 9.17) is 16.3 Å². The van der Waals surface area contributed by atoms with Gasteiger partial charge in [-0.25, -0.2) is 4.79 Å². The Morgan fingerprint density at radius 3 is 2.40 bits per heavy atom. The van der Waals surface area contributed by atoms with Crippen molar-refractivity contribution < 1.29 is 19.1 Å². The third-order valence-electron chi connectivity index (χ3n) is 6.53. The number of halogens is 1. The number of amides is 2. The number of rotatable bonds is 4. The Morgan fingerprint density at radius 2 is 1.70 bits per heavy atom. The van der Waals surface area contributed by atoms with Gasteiger partial charge in [0.1, 0.15) is 6.61 Å². The maximum Gasteiger partial charge on any atom is 0.338 e. The molecule has 4 atom stereocenters. The number of carbonyl (C=O) groups excluding carboxylic acids is 3. The Hall–Kier alpha value is -2.92. The Morgan fingerprint density at radius 1 is 1.03 bits per heavy atom. The topological polar surface area (TPSA) is 63.7 Å². The number of ether oxygens (including phenoxy) is 1. The second-order valence-corrected chi connectivity index (χ2v) is 8.67. The second-order valence-electron chi connectivity index (χ2n) is 8.23. The van der Waals surface area contributed by atoms with Gasteiger partial charge in [0.15, 0.2) is 0 Å². The molecule has 2 fully saturated rings. The van der Waals surface area contributed by atoms with E-state index in [1.807, 2.05) is 6.92 Å². The molecule has 2 aromatic rings. The van der Waals surface area contributed by atoms with Gasteiger partial charge in [-0.2, -0.15) is 0 Å². The fourth-order valence-corrected chi connectivity index (χ4v) is 5.21. The molecule has 0 unspecified atom stereocenters. The fourth-order valence-electron chi connectivity index (χ4n) is 5.09. The number of anilines is 1. The SMILES string of the molecule is CC1=C[C@H]2C[C@@H]1[C@@H]1C(=O)N(c3ccc(C(=O)OCc4ccc(Cl)cc4)cc3)C(=O)[C@H]12. The highest BCUT2D eigenvalue weighted by Gasteiger charge is 2.60. The molecule has 1 saturated carbocycles. The van der Waals surface area contributed by atoms with Crippen LogP contribution in [-0.2, 0) is 20.9 Å². The highest BCUT2D eigenvalue weighted by molar-refractivity contribution is 6.30. The lowest BCUT2D eigenvalue weighted by atomic mass is 9.82. The number of benzene rings is 2. The number of nitrogens with zero attached hydrogens (tertiary/aromatic N) is 1. The van der Waals surface area contributed by atoms with Crippen molar-refractivity contribution in [2.24, 2.45) is 23.7 Å². The summed E-state index contributed by atoms with van der Waals surface area (Å²) in [5.41, 5.74) is 2.93. The summed E-state index contributed by atoms with van der Waals surface area (Å²) in [4.78, 5) is 39.6. The summed E-state index contributed by atoms with van der Waals surface area (Å²) in [7, 11) is 0. The Kier molecular flexibility index (Phi) is 4.51. The van der Waals surface area contributed by atoms with Crippen LogP contribution >= 0.6 is 11.6 Å². The zero-order valence-corrected chi connectivity index (χ0v) is 17.1. The maximum absolute atomic E-state index is 13.0. The van der Waals surface area contributed by atoms with Crippen LogP contribution in [0.25, 0.3) is 0 Å². The van der Waals surface area contributed by atoms with Crippen molar-refractivity contribution in [2.75, 3.05) is 4.90 Å². The van der Waals surface area contributed by atoms with Crippen LogP contribution in [-0.4, -0.2) is 17.8 Å². The van der Waals surface area contributed by atoms with Crippen molar-refractivity contribution in [3.63, 3.8) is 0 Å². The molecule has 1 heterocycles. The van der Waals surface area contributed by atoms with Crippen LogP contribution in [0.5, 0.6) is 0 Å². The van der Waals surface area contributed by atoms with E-state index in [0.717, 1.165) is 12.0 Å². The monoisotopic (exact) mass is 421 g/mol. The first-order chi connectivity index (χ1) is 14.4. The molecule has 1 aliphatic heterocycles. The quantitative estimate of drug-likeness (QED) is 0.417. The van der Waals surface area contributed by atoms with Crippen molar-refractivity contribution in [3.05, 3.63) is 76.3 Å². The molecule has 5 nitrogen and oxygen atoms in total. The number of hydrogen-bond donors (Lipinski definition) is 0. The molecular weight excluding hydrogens is 402 g/mol. The largest absolute Gasteiger partial charge is 0.457 e. The Bertz CT molecular complexity index is 1070. The van der Waals surface area contributed by atoms with Gasteiger partial charge in [-0.15, -0.1) is 0 Å². The van der Waals surface area contributed by atoms with E-state index < -0.39 is 5.97 Å². The van der Waals surface area contributed by atoms with Gasteiger partial charge < -0.3 is 4.74 Å². The summed E-state index contributed by atoms with van der Waals surface area (Å²) >= 11 is 5.85. The van der Waals surface area contributed by atoms with Crippen LogP contribution in [0, 0.1) is 23.7 Å². The molecule has 2 aliphatic carbocycles. The van der Waals surface area contributed by atoms with Gasteiger partial charge in [0.05, 0.1) is 23.1 Å². The molecular formula is C24H20ClNO4. The number of hydrogen-bond acceptors (Lipinski definition) is 4. The van der Waals surface area contributed by atoms with Gasteiger partial charge in [0.25, 0.3) is 0 Å². The molecule has 0 aromatic heterocycles. The van der Waals surface area contributed by atoms with Gasteiger partial charge in [0.2, 0.25) is 11.8 Å². The molecule has 6 heteroatoms. The molecule has 5 rings (SSSR count). The van der Waals surface area contributed by atoms with Crippen LogP contribution in [0.3, 0.4) is 0 Å². The highest BCUT2D eigenvalue weighted by atomic mass is 35.5. The number of fused-ring (bicyclic) bond motifs is 5. The summed E-state index contributed by atoms with van der Waals surface area (Å²) in [5.74, 6) is -0.841. The van der Waals surface area contributed by atoms with Crippen LogP contribution in [0.15, 0.2) is 60.2 Å². The molecule has 0 radical (unpaired) electrons. The summed E-state index contributed by atoms with van der Waals surface area (Å²) in [6.07, 6.45) is 3.06. The maximum atomic E-state index is 13.0. The number of allylic oxidation sites excluding steroid dienone is 2. The minimum absolute atomic E-state index is 0.122. The standard InChI is InChI=1S/C24H20ClNO4/c1-13-10-16-11-19(13)21-20(16)22(27)26(23(21)28)18-8-4-15(5-9-18)24(29)30-12-14-2-6-17(25)7-3-14/h2-10,16,19-21H,11-12H2,1H3/t16-,19-,20-,21-/m0/s1. The number of imide groups is 1. The third-order valence-corrected chi connectivity index (χ3v) is 6.78. The first-order valence-corrected chi connectivity index (χ1v) is 10.4. The average Bonchev–Trinajstić information content (AvgIpc) is 3.38. The third kappa shape index (κ3) is 2.96. The minimum atomic E-state index is -0.467. The highest BCUT2D eigenvalue weighted by Crippen LogP contribution is 2.55. The Labute approximate surface area is 179 Å². The van der Waals surface area contributed by atoms with Gasteiger partial charge in [-0.1, -0.05) is 35.4 Å². The van der Waals surface area contributed by atoms with Crippen molar-refractivity contribution in [2.45, 2.75) is 20.0 Å². The van der Waals surface area contributed by atoms with Crippen LogP contribution in [0.4, 0.5) is 5.69 Å². The van der Waals surface area contributed by atoms with Gasteiger partial charge in [-0.3, -0.25) is 14.5 Å². The summed E-state index contributed by atoms with van der Waals surface area (Å²) in [6, 6.07) is 13.5. The van der Waals surface area contributed by atoms with Crippen molar-refractivity contribution >= 4 is 35.1 Å². The minimum Gasteiger partial charge on any atom is -0.457 e. The van der Waals surface area contributed by atoms with E-state index in [9.17, 15) is 14.4 Å². The zero-order chi connectivity index (χ0) is 21.0. The van der Waals surface area contributed by atoms with E-state index in [1.54, 1.807) is 48.5 Å². The predicted octanol–water partition coefficient (Wildman–Crippen LogP) is 4.40. The smallest absolute Gasteiger partial charge is 0.338 e. The molecule has 1 saturated heterocycles. The van der Waals surface area contributed by atoms with E-state index >= 15 is 0 Å². The lowest BCUT2D eigenvalue weighted by molar-refractivity contribution is -0.123.